The molecule has 2 saturated heterocycles. The van der Waals surface area contributed by atoms with Crippen molar-refractivity contribution in [2.75, 3.05) is 23.2 Å². The molecule has 7 nitrogen and oxygen atoms in total. The lowest BCUT2D eigenvalue weighted by Gasteiger charge is -2.44. The summed E-state index contributed by atoms with van der Waals surface area (Å²) in [6.07, 6.45) is -0.0416. The third-order valence-electron chi connectivity index (χ3n) is 4.85. The smallest absolute Gasteiger partial charge is 0.254 e. The van der Waals surface area contributed by atoms with Crippen LogP contribution in [0, 0.1) is 5.92 Å². The number of nitrogens with zero attached hydrogens (tertiary/aromatic N) is 2. The van der Waals surface area contributed by atoms with Crippen molar-refractivity contribution in [1.29, 1.82) is 0 Å². The Kier molecular flexibility index (Phi) is 4.60. The van der Waals surface area contributed by atoms with Crippen molar-refractivity contribution < 1.29 is 22.7 Å². The number of benzene rings is 1. The van der Waals surface area contributed by atoms with Crippen molar-refractivity contribution >= 4 is 27.5 Å². The van der Waals surface area contributed by atoms with Crippen LogP contribution in [0.25, 0.3) is 0 Å². The molecular weight excluding hydrogens is 356 g/mol. The Bertz CT molecular complexity index is 832. The molecule has 0 aromatic heterocycles. The number of anilines is 1. The van der Waals surface area contributed by atoms with E-state index in [1.54, 1.807) is 24.0 Å². The summed E-state index contributed by atoms with van der Waals surface area (Å²) >= 11 is 0. The van der Waals surface area contributed by atoms with Crippen molar-refractivity contribution in [3.05, 3.63) is 29.8 Å². The molecule has 0 spiro atoms. The maximum absolute atomic E-state index is 12.9. The minimum absolute atomic E-state index is 0.0416. The maximum atomic E-state index is 12.9. The van der Waals surface area contributed by atoms with Gasteiger partial charge in [0.25, 0.3) is 5.91 Å². The molecule has 26 heavy (non-hydrogen) atoms. The summed E-state index contributed by atoms with van der Waals surface area (Å²) in [5, 5.41) is 0. The monoisotopic (exact) mass is 380 g/mol. The minimum Gasteiger partial charge on any atom is -0.374 e. The molecule has 0 saturated carbocycles. The molecule has 1 aromatic rings. The molecule has 1 aromatic carbocycles. The van der Waals surface area contributed by atoms with Gasteiger partial charge in [0.15, 0.2) is 0 Å². The standard InChI is InChI=1S/C18H24N2O5S/c1-12-10-26(23,24)20(16(12)21)15-7-5-14(6-8-15)17(22)19-9-13(2)25-11-18(19,3)4/h5-8,12-13H,9-11H2,1-4H3. The molecule has 2 fully saturated rings. The highest BCUT2D eigenvalue weighted by molar-refractivity contribution is 7.94. The number of hydrogen-bond acceptors (Lipinski definition) is 5. The van der Waals surface area contributed by atoms with E-state index in [4.69, 9.17) is 4.74 Å². The Morgan fingerprint density at radius 3 is 2.35 bits per heavy atom. The SMILES string of the molecule is CC1CN(C(=O)c2ccc(N3C(=O)C(C)CS3(=O)=O)cc2)C(C)(C)CO1. The van der Waals surface area contributed by atoms with Gasteiger partial charge in [-0.3, -0.25) is 9.59 Å². The first kappa shape index (κ1) is 18.8. The third kappa shape index (κ3) is 3.23. The summed E-state index contributed by atoms with van der Waals surface area (Å²) < 4.78 is 30.8. The Hall–Kier alpha value is -1.93. The molecule has 2 unspecified atom stereocenters. The highest BCUT2D eigenvalue weighted by atomic mass is 32.2. The van der Waals surface area contributed by atoms with E-state index in [2.05, 4.69) is 0 Å². The van der Waals surface area contributed by atoms with Crippen molar-refractivity contribution in [3.63, 3.8) is 0 Å². The molecule has 2 atom stereocenters. The van der Waals surface area contributed by atoms with E-state index in [0.717, 1.165) is 4.31 Å². The molecule has 8 heteroatoms. The normalized spacial score (nSPS) is 27.6. The molecular formula is C18H24N2O5S. The van der Waals surface area contributed by atoms with E-state index in [1.165, 1.54) is 12.1 Å². The second-order valence-corrected chi connectivity index (χ2v) is 9.54. The summed E-state index contributed by atoms with van der Waals surface area (Å²) in [5.41, 5.74) is 0.296. The zero-order valence-electron chi connectivity index (χ0n) is 15.4. The zero-order valence-corrected chi connectivity index (χ0v) is 16.2. The van der Waals surface area contributed by atoms with Crippen LogP contribution in [0.5, 0.6) is 0 Å². The lowest BCUT2D eigenvalue weighted by atomic mass is 9.99. The fraction of sp³-hybridized carbons (Fsp3) is 0.556. The summed E-state index contributed by atoms with van der Waals surface area (Å²) in [7, 11) is -3.65. The van der Waals surface area contributed by atoms with Crippen LogP contribution in [-0.4, -0.2) is 55.7 Å². The van der Waals surface area contributed by atoms with Gasteiger partial charge in [0.05, 0.1) is 35.6 Å². The van der Waals surface area contributed by atoms with Gasteiger partial charge in [-0.25, -0.2) is 12.7 Å². The summed E-state index contributed by atoms with van der Waals surface area (Å²) in [6.45, 7) is 8.35. The van der Waals surface area contributed by atoms with Crippen molar-refractivity contribution in [2.24, 2.45) is 5.92 Å². The minimum atomic E-state index is -3.65. The Morgan fingerprint density at radius 1 is 1.19 bits per heavy atom. The number of carbonyl (C=O) groups is 2. The van der Waals surface area contributed by atoms with E-state index in [-0.39, 0.29) is 23.5 Å². The van der Waals surface area contributed by atoms with E-state index < -0.39 is 27.4 Å². The molecule has 0 N–H and O–H groups in total. The van der Waals surface area contributed by atoms with E-state index >= 15 is 0 Å². The zero-order chi connectivity index (χ0) is 19.3. The van der Waals surface area contributed by atoms with Gasteiger partial charge in [-0.1, -0.05) is 6.92 Å². The van der Waals surface area contributed by atoms with Crippen LogP contribution in [0.3, 0.4) is 0 Å². The predicted molar refractivity (Wildman–Crippen MR) is 97.4 cm³/mol. The largest absolute Gasteiger partial charge is 0.374 e. The first-order chi connectivity index (χ1) is 12.0. The van der Waals surface area contributed by atoms with E-state index in [1.807, 2.05) is 20.8 Å². The quantitative estimate of drug-likeness (QED) is 0.779. The van der Waals surface area contributed by atoms with Gasteiger partial charge in [0, 0.05) is 12.1 Å². The van der Waals surface area contributed by atoms with Gasteiger partial charge < -0.3 is 9.64 Å². The topological polar surface area (TPSA) is 84.0 Å². The first-order valence-electron chi connectivity index (χ1n) is 8.63. The number of rotatable bonds is 2. The second-order valence-electron chi connectivity index (χ2n) is 7.68. The number of hydrogen-bond donors (Lipinski definition) is 0. The summed E-state index contributed by atoms with van der Waals surface area (Å²) in [4.78, 5) is 26.8. The Balaban J connectivity index is 1.86. The number of carbonyl (C=O) groups excluding carboxylic acids is 2. The van der Waals surface area contributed by atoms with Crippen LogP contribution in [0.2, 0.25) is 0 Å². The predicted octanol–water partition coefficient (Wildman–Crippen LogP) is 1.64. The van der Waals surface area contributed by atoms with Gasteiger partial charge in [-0.2, -0.15) is 0 Å². The number of amides is 2. The molecule has 0 radical (unpaired) electrons. The van der Waals surface area contributed by atoms with Crippen LogP contribution >= 0.6 is 0 Å². The maximum Gasteiger partial charge on any atom is 0.254 e. The van der Waals surface area contributed by atoms with E-state index in [9.17, 15) is 18.0 Å². The van der Waals surface area contributed by atoms with E-state index in [0.29, 0.717) is 18.7 Å². The van der Waals surface area contributed by atoms with Gasteiger partial charge in [0.1, 0.15) is 0 Å². The van der Waals surface area contributed by atoms with Gasteiger partial charge in [0.2, 0.25) is 15.9 Å². The van der Waals surface area contributed by atoms with Crippen LogP contribution in [0.1, 0.15) is 38.1 Å². The van der Waals surface area contributed by atoms with Crippen LogP contribution in [0.4, 0.5) is 5.69 Å². The molecule has 2 aliphatic heterocycles. The van der Waals surface area contributed by atoms with Crippen molar-refractivity contribution in [2.45, 2.75) is 39.3 Å². The van der Waals surface area contributed by atoms with Crippen LogP contribution in [-0.2, 0) is 19.6 Å². The average Bonchev–Trinajstić information content (AvgIpc) is 2.77. The van der Waals surface area contributed by atoms with Gasteiger partial charge in [-0.05, 0) is 45.0 Å². The fourth-order valence-corrected chi connectivity index (χ4v) is 5.14. The Morgan fingerprint density at radius 2 is 1.81 bits per heavy atom. The Labute approximate surface area is 154 Å². The lowest BCUT2D eigenvalue weighted by molar-refractivity contribution is -0.119. The highest BCUT2D eigenvalue weighted by Gasteiger charge is 2.42. The van der Waals surface area contributed by atoms with Crippen LogP contribution in [0.15, 0.2) is 24.3 Å². The van der Waals surface area contributed by atoms with Crippen LogP contribution < -0.4 is 4.31 Å². The number of morpholine rings is 1. The fourth-order valence-electron chi connectivity index (χ4n) is 3.32. The van der Waals surface area contributed by atoms with Crippen molar-refractivity contribution in [1.82, 2.24) is 4.90 Å². The lowest BCUT2D eigenvalue weighted by Crippen LogP contribution is -2.57. The molecule has 3 rings (SSSR count). The first-order valence-corrected chi connectivity index (χ1v) is 10.2. The van der Waals surface area contributed by atoms with Crippen molar-refractivity contribution in [3.8, 4) is 0 Å². The highest BCUT2D eigenvalue weighted by Crippen LogP contribution is 2.29. The molecule has 2 aliphatic rings. The molecule has 0 aliphatic carbocycles. The summed E-state index contributed by atoms with van der Waals surface area (Å²) in [6, 6.07) is 6.16. The second kappa shape index (κ2) is 6.35. The molecule has 2 amide bonds. The molecule has 142 valence electrons. The molecule has 2 heterocycles. The number of ether oxygens (including phenoxy) is 1. The summed E-state index contributed by atoms with van der Waals surface area (Å²) in [5.74, 6) is -1.32. The average molecular weight is 380 g/mol. The van der Waals surface area contributed by atoms with Gasteiger partial charge in [-0.15, -0.1) is 0 Å². The van der Waals surface area contributed by atoms with Gasteiger partial charge >= 0.3 is 0 Å². The third-order valence-corrected chi connectivity index (χ3v) is 6.71. The number of sulfonamides is 1. The molecule has 0 bridgehead atoms.